The Morgan fingerprint density at radius 1 is 1.50 bits per heavy atom. The fourth-order valence-corrected chi connectivity index (χ4v) is 1.05. The average molecular weight is 214 g/mol. The number of hydrazone groups is 1. The zero-order chi connectivity index (χ0) is 10.6. The lowest BCUT2D eigenvalue weighted by molar-refractivity contribution is 0.475. The van der Waals surface area contributed by atoms with Gasteiger partial charge in [-0.05, 0) is 17.7 Å². The molecule has 0 bridgehead atoms. The molecule has 1 aromatic carbocycles. The Kier molecular flexibility index (Phi) is 3.08. The molecule has 6 heteroatoms. The van der Waals surface area contributed by atoms with Gasteiger partial charge < -0.3 is 5.11 Å². The maximum atomic E-state index is 10.6. The fourth-order valence-electron chi connectivity index (χ4n) is 0.802. The molecule has 0 aliphatic rings. The number of hydrogen-bond donors (Lipinski definition) is 2. The van der Waals surface area contributed by atoms with Crippen molar-refractivity contribution in [2.24, 2.45) is 5.10 Å². The molecule has 1 rings (SSSR count). The molecule has 0 fully saturated rings. The highest BCUT2D eigenvalue weighted by atomic mass is 32.2. The van der Waals surface area contributed by atoms with Crippen LogP contribution in [0.1, 0.15) is 5.56 Å². The normalized spacial score (nSPS) is 11.8. The zero-order valence-corrected chi connectivity index (χ0v) is 8.32. The number of sulfonamides is 1. The second-order valence-corrected chi connectivity index (χ2v) is 4.44. The summed E-state index contributed by atoms with van der Waals surface area (Å²) in [5.74, 6) is 0.105. The second kappa shape index (κ2) is 4.10. The van der Waals surface area contributed by atoms with Gasteiger partial charge in [0.05, 0.1) is 12.5 Å². The summed E-state index contributed by atoms with van der Waals surface area (Å²) < 4.78 is 21.2. The van der Waals surface area contributed by atoms with Crippen LogP contribution < -0.4 is 4.83 Å². The van der Waals surface area contributed by atoms with E-state index in [1.807, 2.05) is 4.83 Å². The van der Waals surface area contributed by atoms with Crippen molar-refractivity contribution in [1.82, 2.24) is 4.83 Å². The van der Waals surface area contributed by atoms with Gasteiger partial charge in [0.25, 0.3) is 0 Å². The average Bonchev–Trinajstić information content (AvgIpc) is 2.01. The van der Waals surface area contributed by atoms with Crippen molar-refractivity contribution >= 4 is 16.2 Å². The van der Waals surface area contributed by atoms with E-state index in [-0.39, 0.29) is 5.75 Å². The van der Waals surface area contributed by atoms with Gasteiger partial charge in [-0.2, -0.15) is 5.10 Å². The first kappa shape index (κ1) is 10.5. The van der Waals surface area contributed by atoms with Crippen LogP contribution in [0.25, 0.3) is 0 Å². The van der Waals surface area contributed by atoms with Crippen LogP contribution in [0.5, 0.6) is 5.75 Å². The molecule has 0 aromatic heterocycles. The van der Waals surface area contributed by atoms with Gasteiger partial charge in [-0.15, -0.1) is 0 Å². The Hall–Kier alpha value is -1.56. The lowest BCUT2D eigenvalue weighted by atomic mass is 10.2. The number of rotatable bonds is 3. The molecule has 2 N–H and O–H groups in total. The van der Waals surface area contributed by atoms with Crippen LogP contribution in [0.3, 0.4) is 0 Å². The number of aromatic hydroxyl groups is 1. The Bertz CT molecular complexity index is 440. The molecule has 0 aliphatic carbocycles. The van der Waals surface area contributed by atoms with Crippen LogP contribution in [0, 0.1) is 0 Å². The van der Waals surface area contributed by atoms with E-state index in [1.165, 1.54) is 18.3 Å². The Balaban J connectivity index is 2.70. The van der Waals surface area contributed by atoms with Gasteiger partial charge in [-0.1, -0.05) is 12.1 Å². The van der Waals surface area contributed by atoms with Crippen LogP contribution in [0.15, 0.2) is 29.4 Å². The molecule has 5 nitrogen and oxygen atoms in total. The number of hydrogen-bond acceptors (Lipinski definition) is 4. The SMILES string of the molecule is CS(=O)(=O)N/N=C/c1cccc(O)c1. The minimum Gasteiger partial charge on any atom is -0.508 e. The van der Waals surface area contributed by atoms with Crippen molar-refractivity contribution in [2.75, 3.05) is 6.26 Å². The molecule has 0 spiro atoms. The van der Waals surface area contributed by atoms with Gasteiger partial charge in [0.2, 0.25) is 10.0 Å². The Morgan fingerprint density at radius 2 is 2.21 bits per heavy atom. The third-order valence-electron chi connectivity index (χ3n) is 1.30. The summed E-state index contributed by atoms with van der Waals surface area (Å²) >= 11 is 0. The molecule has 0 aliphatic heterocycles. The summed E-state index contributed by atoms with van der Waals surface area (Å²) in [6.45, 7) is 0. The summed E-state index contributed by atoms with van der Waals surface area (Å²) in [7, 11) is -3.31. The molecule has 0 saturated heterocycles. The standard InChI is InChI=1S/C8H10N2O3S/c1-14(12,13)10-9-6-7-3-2-4-8(11)5-7/h2-6,10-11H,1H3/b9-6+. The monoisotopic (exact) mass is 214 g/mol. The minimum absolute atomic E-state index is 0.105. The predicted molar refractivity (Wildman–Crippen MR) is 53.7 cm³/mol. The van der Waals surface area contributed by atoms with Crippen LogP contribution in [0.2, 0.25) is 0 Å². The molecule has 76 valence electrons. The third kappa shape index (κ3) is 3.90. The first-order valence-corrected chi connectivity index (χ1v) is 5.65. The number of nitrogens with one attached hydrogen (secondary N) is 1. The van der Waals surface area contributed by atoms with Gasteiger partial charge in [0, 0.05) is 0 Å². The van der Waals surface area contributed by atoms with E-state index in [4.69, 9.17) is 5.11 Å². The molecule has 14 heavy (non-hydrogen) atoms. The first-order chi connectivity index (χ1) is 6.47. The van der Waals surface area contributed by atoms with Gasteiger partial charge in [0.15, 0.2) is 0 Å². The topological polar surface area (TPSA) is 78.8 Å². The molecule has 0 unspecified atom stereocenters. The Labute approximate surface area is 82.1 Å². The summed E-state index contributed by atoms with van der Waals surface area (Å²) in [5, 5.41) is 12.6. The lowest BCUT2D eigenvalue weighted by Crippen LogP contribution is -2.15. The molecular weight excluding hydrogens is 204 g/mol. The van der Waals surface area contributed by atoms with Crippen molar-refractivity contribution in [3.8, 4) is 5.75 Å². The van der Waals surface area contributed by atoms with Gasteiger partial charge in [-0.25, -0.2) is 13.2 Å². The summed E-state index contributed by atoms with van der Waals surface area (Å²) in [5.41, 5.74) is 0.612. The molecular formula is C8H10N2O3S. The quantitative estimate of drug-likeness (QED) is 0.560. The van der Waals surface area contributed by atoms with Crippen molar-refractivity contribution in [1.29, 1.82) is 0 Å². The predicted octanol–water partition coefficient (Wildman–Crippen LogP) is 0.275. The number of phenols is 1. The van der Waals surface area contributed by atoms with Crippen LogP contribution in [-0.2, 0) is 10.0 Å². The summed E-state index contributed by atoms with van der Waals surface area (Å²) in [6, 6.07) is 6.30. The summed E-state index contributed by atoms with van der Waals surface area (Å²) in [6.07, 6.45) is 2.31. The molecule has 0 saturated carbocycles. The molecule has 0 radical (unpaired) electrons. The van der Waals surface area contributed by atoms with Gasteiger partial charge in [0.1, 0.15) is 5.75 Å². The number of nitrogens with zero attached hydrogens (tertiary/aromatic N) is 1. The van der Waals surface area contributed by atoms with Crippen molar-refractivity contribution in [2.45, 2.75) is 0 Å². The Morgan fingerprint density at radius 3 is 2.79 bits per heavy atom. The van der Waals surface area contributed by atoms with Crippen LogP contribution >= 0.6 is 0 Å². The zero-order valence-electron chi connectivity index (χ0n) is 7.51. The molecule has 0 heterocycles. The molecule has 0 atom stereocenters. The summed E-state index contributed by atoms with van der Waals surface area (Å²) in [4.78, 5) is 1.95. The maximum Gasteiger partial charge on any atom is 0.244 e. The lowest BCUT2D eigenvalue weighted by Gasteiger charge is -1.95. The highest BCUT2D eigenvalue weighted by molar-refractivity contribution is 7.88. The van der Waals surface area contributed by atoms with Crippen LogP contribution in [0.4, 0.5) is 0 Å². The van der Waals surface area contributed by atoms with E-state index in [1.54, 1.807) is 12.1 Å². The van der Waals surface area contributed by atoms with E-state index in [2.05, 4.69) is 5.10 Å². The van der Waals surface area contributed by atoms with E-state index < -0.39 is 10.0 Å². The highest BCUT2D eigenvalue weighted by Crippen LogP contribution is 2.08. The molecule has 0 amide bonds. The van der Waals surface area contributed by atoms with Crippen molar-refractivity contribution in [3.05, 3.63) is 29.8 Å². The first-order valence-electron chi connectivity index (χ1n) is 3.76. The van der Waals surface area contributed by atoms with E-state index in [0.717, 1.165) is 6.26 Å². The maximum absolute atomic E-state index is 10.6. The molecule has 1 aromatic rings. The van der Waals surface area contributed by atoms with E-state index >= 15 is 0 Å². The largest absolute Gasteiger partial charge is 0.508 e. The smallest absolute Gasteiger partial charge is 0.244 e. The van der Waals surface area contributed by atoms with Gasteiger partial charge >= 0.3 is 0 Å². The van der Waals surface area contributed by atoms with Crippen molar-refractivity contribution in [3.63, 3.8) is 0 Å². The number of benzene rings is 1. The number of phenolic OH excluding ortho intramolecular Hbond substituents is 1. The van der Waals surface area contributed by atoms with E-state index in [0.29, 0.717) is 5.56 Å². The van der Waals surface area contributed by atoms with E-state index in [9.17, 15) is 8.42 Å². The van der Waals surface area contributed by atoms with Crippen LogP contribution in [-0.4, -0.2) is 26.0 Å². The van der Waals surface area contributed by atoms with Gasteiger partial charge in [-0.3, -0.25) is 0 Å². The third-order valence-corrected chi connectivity index (χ3v) is 1.74. The minimum atomic E-state index is -3.31. The fraction of sp³-hybridized carbons (Fsp3) is 0.125. The van der Waals surface area contributed by atoms with Crippen molar-refractivity contribution < 1.29 is 13.5 Å². The second-order valence-electron chi connectivity index (χ2n) is 2.72. The highest BCUT2D eigenvalue weighted by Gasteiger charge is 1.94.